The summed E-state index contributed by atoms with van der Waals surface area (Å²) in [5.74, 6) is 0.00250. The number of para-hydroxylation sites is 1. The predicted molar refractivity (Wildman–Crippen MR) is 64.8 cm³/mol. The fourth-order valence-corrected chi connectivity index (χ4v) is 2.32. The number of fused-ring (bicyclic) bond motifs is 1. The number of benzene rings is 1. The Kier molecular flexibility index (Phi) is 2.19. The molecule has 2 aromatic rings. The van der Waals surface area contributed by atoms with Crippen LogP contribution in [0.2, 0.25) is 0 Å². The van der Waals surface area contributed by atoms with Crippen LogP contribution in [0.1, 0.15) is 10.4 Å². The van der Waals surface area contributed by atoms with Gasteiger partial charge in [0.1, 0.15) is 0 Å². The van der Waals surface area contributed by atoms with Crippen LogP contribution in [0.3, 0.4) is 0 Å². The van der Waals surface area contributed by atoms with Crippen molar-refractivity contribution in [2.24, 2.45) is 7.05 Å². The lowest BCUT2D eigenvalue weighted by atomic mass is 10.1. The molecule has 1 amide bonds. The van der Waals surface area contributed by atoms with Gasteiger partial charge in [-0.2, -0.15) is 0 Å². The molecule has 3 rings (SSSR count). The third-order valence-corrected chi connectivity index (χ3v) is 3.28. The molecule has 17 heavy (non-hydrogen) atoms. The van der Waals surface area contributed by atoms with Crippen LogP contribution in [0, 0.1) is 0 Å². The quantitative estimate of drug-likeness (QED) is 0.794. The average molecular weight is 230 g/mol. The largest absolute Gasteiger partial charge is 0.389 e. The zero-order valence-electron chi connectivity index (χ0n) is 9.63. The highest BCUT2D eigenvalue weighted by Crippen LogP contribution is 2.22. The van der Waals surface area contributed by atoms with Gasteiger partial charge in [0.15, 0.2) is 0 Å². The molecule has 1 N–H and O–H groups in total. The van der Waals surface area contributed by atoms with Crippen molar-refractivity contribution in [3.63, 3.8) is 0 Å². The van der Waals surface area contributed by atoms with Gasteiger partial charge in [-0.25, -0.2) is 0 Å². The molecule has 0 aliphatic carbocycles. The van der Waals surface area contributed by atoms with Crippen molar-refractivity contribution in [3.8, 4) is 0 Å². The molecule has 0 unspecified atom stereocenters. The topological polar surface area (TPSA) is 45.5 Å². The van der Waals surface area contributed by atoms with Gasteiger partial charge in [0.25, 0.3) is 5.91 Å². The second-order valence-electron chi connectivity index (χ2n) is 4.53. The minimum Gasteiger partial charge on any atom is -0.389 e. The highest BCUT2D eigenvalue weighted by atomic mass is 16.3. The lowest BCUT2D eigenvalue weighted by molar-refractivity contribution is 0.00600. The van der Waals surface area contributed by atoms with E-state index in [0.29, 0.717) is 18.7 Å². The molecule has 0 bridgehead atoms. The normalized spacial score (nSPS) is 16.2. The Hall–Kier alpha value is -1.81. The maximum atomic E-state index is 12.2. The predicted octanol–water partition coefficient (Wildman–Crippen LogP) is 0.995. The van der Waals surface area contributed by atoms with Crippen LogP contribution in [0.25, 0.3) is 10.9 Å². The monoisotopic (exact) mass is 230 g/mol. The Labute approximate surface area is 99.1 Å². The van der Waals surface area contributed by atoms with Gasteiger partial charge in [-0.15, -0.1) is 0 Å². The number of aliphatic hydroxyl groups is 1. The number of aryl methyl sites for hydroxylation is 1. The number of β-amino-alcohol motifs (C(OH)–C–C–N with tert-alkyl or cyclic N) is 1. The van der Waals surface area contributed by atoms with Crippen molar-refractivity contribution < 1.29 is 9.90 Å². The van der Waals surface area contributed by atoms with E-state index >= 15 is 0 Å². The van der Waals surface area contributed by atoms with Crippen molar-refractivity contribution in [3.05, 3.63) is 36.0 Å². The molecular formula is C13H14N2O2. The first-order chi connectivity index (χ1) is 8.16. The van der Waals surface area contributed by atoms with E-state index in [1.807, 2.05) is 42.1 Å². The molecule has 1 aliphatic heterocycles. The molecule has 4 heteroatoms. The number of nitrogens with zero attached hydrogens (tertiary/aromatic N) is 2. The van der Waals surface area contributed by atoms with Crippen LogP contribution >= 0.6 is 0 Å². The van der Waals surface area contributed by atoms with Gasteiger partial charge in [-0.3, -0.25) is 4.79 Å². The van der Waals surface area contributed by atoms with E-state index in [4.69, 9.17) is 0 Å². The number of carbonyl (C=O) groups is 1. The summed E-state index contributed by atoms with van der Waals surface area (Å²) in [5, 5.41) is 10.3. The number of rotatable bonds is 1. The summed E-state index contributed by atoms with van der Waals surface area (Å²) >= 11 is 0. The Morgan fingerprint density at radius 2 is 2.12 bits per heavy atom. The van der Waals surface area contributed by atoms with Crippen LogP contribution in [0.5, 0.6) is 0 Å². The molecule has 1 saturated heterocycles. The maximum absolute atomic E-state index is 12.2. The van der Waals surface area contributed by atoms with Crippen LogP contribution < -0.4 is 0 Å². The summed E-state index contributed by atoms with van der Waals surface area (Å²) in [4.78, 5) is 13.9. The molecule has 0 atom stereocenters. The molecule has 0 spiro atoms. The molecule has 2 heterocycles. The highest BCUT2D eigenvalue weighted by Gasteiger charge is 2.30. The van der Waals surface area contributed by atoms with Gasteiger partial charge < -0.3 is 14.6 Å². The second kappa shape index (κ2) is 3.60. The first-order valence-corrected chi connectivity index (χ1v) is 5.68. The van der Waals surface area contributed by atoms with Crippen LogP contribution in [0.15, 0.2) is 30.5 Å². The summed E-state index contributed by atoms with van der Waals surface area (Å²) in [6, 6.07) is 7.73. The van der Waals surface area contributed by atoms with E-state index in [1.165, 1.54) is 0 Å². The van der Waals surface area contributed by atoms with Gasteiger partial charge in [-0.05, 0) is 12.1 Å². The van der Waals surface area contributed by atoms with E-state index in [0.717, 1.165) is 10.9 Å². The van der Waals surface area contributed by atoms with Crippen molar-refractivity contribution in [2.45, 2.75) is 6.10 Å². The van der Waals surface area contributed by atoms with E-state index in [1.54, 1.807) is 4.90 Å². The van der Waals surface area contributed by atoms with E-state index in [-0.39, 0.29) is 12.0 Å². The fourth-order valence-electron chi connectivity index (χ4n) is 2.32. The summed E-state index contributed by atoms with van der Waals surface area (Å²) in [6.07, 6.45) is 1.60. The number of carbonyl (C=O) groups excluding carboxylic acids is 1. The lowest BCUT2D eigenvalue weighted by Gasteiger charge is -2.36. The van der Waals surface area contributed by atoms with E-state index in [9.17, 15) is 9.90 Å². The van der Waals surface area contributed by atoms with Crippen molar-refractivity contribution in [1.29, 1.82) is 0 Å². The first kappa shape index (κ1) is 10.4. The Morgan fingerprint density at radius 3 is 2.82 bits per heavy atom. The summed E-state index contributed by atoms with van der Waals surface area (Å²) in [7, 11) is 1.93. The molecule has 1 fully saturated rings. The molecule has 0 saturated carbocycles. The standard InChI is InChI=1S/C13H14N2O2/c1-14-6-5-9-3-2-4-11(12(9)14)13(17)15-7-10(16)8-15/h2-6,10,16H,7-8H2,1H3. The summed E-state index contributed by atoms with van der Waals surface area (Å²) in [6.45, 7) is 0.888. The van der Waals surface area contributed by atoms with Crippen molar-refractivity contribution >= 4 is 16.8 Å². The van der Waals surface area contributed by atoms with E-state index < -0.39 is 0 Å². The van der Waals surface area contributed by atoms with Gasteiger partial charge in [-0.1, -0.05) is 12.1 Å². The number of aliphatic hydroxyl groups excluding tert-OH is 1. The fraction of sp³-hybridized carbons (Fsp3) is 0.308. The number of amides is 1. The summed E-state index contributed by atoms with van der Waals surface area (Å²) in [5.41, 5.74) is 1.67. The smallest absolute Gasteiger partial charge is 0.256 e. The number of hydrogen-bond donors (Lipinski definition) is 1. The zero-order chi connectivity index (χ0) is 12.0. The van der Waals surface area contributed by atoms with Crippen LogP contribution in [-0.4, -0.2) is 39.7 Å². The van der Waals surface area contributed by atoms with Gasteiger partial charge >= 0.3 is 0 Å². The zero-order valence-corrected chi connectivity index (χ0v) is 9.63. The van der Waals surface area contributed by atoms with Crippen molar-refractivity contribution in [1.82, 2.24) is 9.47 Å². The second-order valence-corrected chi connectivity index (χ2v) is 4.53. The SMILES string of the molecule is Cn1ccc2cccc(C(=O)N3CC(O)C3)c21. The minimum atomic E-state index is -0.355. The minimum absolute atomic E-state index is 0.00250. The molecule has 4 nitrogen and oxygen atoms in total. The Bertz CT molecular complexity index is 582. The van der Waals surface area contributed by atoms with E-state index in [2.05, 4.69) is 0 Å². The summed E-state index contributed by atoms with van der Waals surface area (Å²) < 4.78 is 1.96. The van der Waals surface area contributed by atoms with Crippen molar-refractivity contribution in [2.75, 3.05) is 13.1 Å². The third-order valence-electron chi connectivity index (χ3n) is 3.28. The van der Waals surface area contributed by atoms with Gasteiger partial charge in [0, 0.05) is 31.7 Å². The van der Waals surface area contributed by atoms with Crippen LogP contribution in [0.4, 0.5) is 0 Å². The Balaban J connectivity index is 2.05. The maximum Gasteiger partial charge on any atom is 0.256 e. The molecule has 1 aliphatic rings. The average Bonchev–Trinajstić information content (AvgIpc) is 2.66. The highest BCUT2D eigenvalue weighted by molar-refractivity contribution is 6.06. The molecule has 1 aromatic carbocycles. The molecule has 0 radical (unpaired) electrons. The third kappa shape index (κ3) is 1.52. The molecule has 88 valence electrons. The van der Waals surface area contributed by atoms with Gasteiger partial charge in [0.2, 0.25) is 0 Å². The first-order valence-electron chi connectivity index (χ1n) is 5.68. The number of likely N-dealkylation sites (tertiary alicyclic amines) is 1. The lowest BCUT2D eigenvalue weighted by Crippen LogP contribution is -2.53. The van der Waals surface area contributed by atoms with Crippen LogP contribution in [-0.2, 0) is 7.05 Å². The number of hydrogen-bond acceptors (Lipinski definition) is 2. The molecular weight excluding hydrogens is 216 g/mol. The Morgan fingerprint density at radius 1 is 1.35 bits per heavy atom. The number of aromatic nitrogens is 1. The molecule has 1 aromatic heterocycles. The van der Waals surface area contributed by atoms with Gasteiger partial charge in [0.05, 0.1) is 17.2 Å².